The van der Waals surface area contributed by atoms with Crippen molar-refractivity contribution >= 4 is 0 Å². The minimum atomic E-state index is 0.264. The first-order valence-electron chi connectivity index (χ1n) is 5.58. The monoisotopic (exact) mass is 229 g/mol. The highest BCUT2D eigenvalue weighted by molar-refractivity contribution is 5.42. The van der Waals surface area contributed by atoms with Crippen molar-refractivity contribution in [3.8, 4) is 11.5 Å². The van der Waals surface area contributed by atoms with E-state index in [4.69, 9.17) is 4.74 Å². The summed E-state index contributed by atoms with van der Waals surface area (Å²) in [5.41, 5.74) is 1.78. The molecule has 3 heteroatoms. The van der Waals surface area contributed by atoms with Gasteiger partial charge in [0.2, 0.25) is 0 Å². The third-order valence-corrected chi connectivity index (χ3v) is 2.60. The van der Waals surface area contributed by atoms with Gasteiger partial charge in [-0.05, 0) is 31.2 Å². The Bertz CT molecular complexity index is 483. The van der Waals surface area contributed by atoms with Crippen LogP contribution in [-0.4, -0.2) is 16.7 Å². The van der Waals surface area contributed by atoms with Gasteiger partial charge < -0.3 is 9.84 Å². The molecule has 0 unspecified atom stereocenters. The summed E-state index contributed by atoms with van der Waals surface area (Å²) in [6.07, 6.45) is 2.53. The van der Waals surface area contributed by atoms with E-state index in [1.54, 1.807) is 18.3 Å². The van der Waals surface area contributed by atoms with Crippen molar-refractivity contribution in [2.24, 2.45) is 0 Å². The maximum Gasteiger partial charge on any atom is 0.125 e. The van der Waals surface area contributed by atoms with Crippen LogP contribution in [0, 0.1) is 6.92 Å². The zero-order valence-electron chi connectivity index (χ0n) is 9.76. The van der Waals surface area contributed by atoms with Gasteiger partial charge in [-0.3, -0.25) is 4.98 Å². The quantitative estimate of drug-likeness (QED) is 0.876. The van der Waals surface area contributed by atoms with Crippen LogP contribution < -0.4 is 4.74 Å². The van der Waals surface area contributed by atoms with Gasteiger partial charge in [-0.2, -0.15) is 0 Å². The van der Waals surface area contributed by atoms with E-state index in [1.807, 2.05) is 31.2 Å². The van der Waals surface area contributed by atoms with Crippen LogP contribution in [0.15, 0.2) is 42.6 Å². The van der Waals surface area contributed by atoms with E-state index in [9.17, 15) is 5.11 Å². The topological polar surface area (TPSA) is 42.4 Å². The maximum absolute atomic E-state index is 9.52. The summed E-state index contributed by atoms with van der Waals surface area (Å²) >= 11 is 0. The first kappa shape index (κ1) is 11.5. The lowest BCUT2D eigenvalue weighted by molar-refractivity contribution is 0.316. The van der Waals surface area contributed by atoms with Crippen molar-refractivity contribution in [2.45, 2.75) is 13.3 Å². The molecular formula is C14H15NO2. The van der Waals surface area contributed by atoms with Gasteiger partial charge in [0.05, 0.1) is 6.61 Å². The van der Waals surface area contributed by atoms with Crippen LogP contribution in [0.2, 0.25) is 0 Å². The summed E-state index contributed by atoms with van der Waals surface area (Å²) in [7, 11) is 0. The number of pyridine rings is 1. The van der Waals surface area contributed by atoms with Gasteiger partial charge in [0.15, 0.2) is 0 Å². The van der Waals surface area contributed by atoms with E-state index in [0.29, 0.717) is 6.61 Å². The molecule has 0 radical (unpaired) electrons. The normalized spacial score (nSPS) is 10.2. The lowest BCUT2D eigenvalue weighted by atomic mass is 10.2. The van der Waals surface area contributed by atoms with Gasteiger partial charge in [-0.15, -0.1) is 0 Å². The number of phenolic OH excluding ortho intramolecular Hbond substituents is 1. The fraction of sp³-hybridized carbons (Fsp3) is 0.214. The SMILES string of the molecule is Cc1c(O)cccc1OCCc1ccccn1. The van der Waals surface area contributed by atoms with Crippen molar-refractivity contribution < 1.29 is 9.84 Å². The molecule has 0 bridgehead atoms. The molecule has 1 aromatic carbocycles. The molecule has 0 aliphatic carbocycles. The van der Waals surface area contributed by atoms with Crippen LogP contribution in [0.1, 0.15) is 11.3 Å². The van der Waals surface area contributed by atoms with Crippen molar-refractivity contribution in [1.82, 2.24) is 4.98 Å². The third-order valence-electron chi connectivity index (χ3n) is 2.60. The Morgan fingerprint density at radius 3 is 2.82 bits per heavy atom. The molecule has 0 spiro atoms. The Hall–Kier alpha value is -2.03. The van der Waals surface area contributed by atoms with E-state index in [-0.39, 0.29) is 5.75 Å². The predicted molar refractivity (Wildman–Crippen MR) is 66.3 cm³/mol. The smallest absolute Gasteiger partial charge is 0.125 e. The Labute approximate surface area is 101 Å². The number of ether oxygens (including phenoxy) is 1. The van der Waals surface area contributed by atoms with Gasteiger partial charge in [-0.1, -0.05) is 12.1 Å². The van der Waals surface area contributed by atoms with Crippen LogP contribution in [0.5, 0.6) is 11.5 Å². The van der Waals surface area contributed by atoms with E-state index in [0.717, 1.165) is 23.4 Å². The average Bonchev–Trinajstić information content (AvgIpc) is 2.36. The number of hydrogen-bond donors (Lipinski definition) is 1. The van der Waals surface area contributed by atoms with Crippen LogP contribution >= 0.6 is 0 Å². The minimum Gasteiger partial charge on any atom is -0.508 e. The highest BCUT2D eigenvalue weighted by atomic mass is 16.5. The van der Waals surface area contributed by atoms with Crippen molar-refractivity contribution in [1.29, 1.82) is 0 Å². The molecule has 3 nitrogen and oxygen atoms in total. The van der Waals surface area contributed by atoms with Gasteiger partial charge >= 0.3 is 0 Å². The number of aromatic hydroxyl groups is 1. The van der Waals surface area contributed by atoms with Crippen LogP contribution in [-0.2, 0) is 6.42 Å². The highest BCUT2D eigenvalue weighted by Gasteiger charge is 2.03. The third kappa shape index (κ3) is 2.97. The second kappa shape index (κ2) is 5.34. The molecule has 17 heavy (non-hydrogen) atoms. The minimum absolute atomic E-state index is 0.264. The summed E-state index contributed by atoms with van der Waals surface area (Å²) in [6, 6.07) is 11.1. The number of hydrogen-bond acceptors (Lipinski definition) is 3. The summed E-state index contributed by atoms with van der Waals surface area (Å²) in [6.45, 7) is 2.40. The Kier molecular flexibility index (Phi) is 3.60. The summed E-state index contributed by atoms with van der Waals surface area (Å²) in [5.74, 6) is 0.987. The van der Waals surface area contributed by atoms with E-state index in [2.05, 4.69) is 4.98 Å². The predicted octanol–water partition coefficient (Wildman–Crippen LogP) is 2.72. The maximum atomic E-state index is 9.52. The first-order chi connectivity index (χ1) is 8.27. The van der Waals surface area contributed by atoms with Gasteiger partial charge in [0.1, 0.15) is 11.5 Å². The Morgan fingerprint density at radius 1 is 1.18 bits per heavy atom. The fourth-order valence-electron chi connectivity index (χ4n) is 1.57. The summed E-state index contributed by atoms with van der Waals surface area (Å²) in [4.78, 5) is 4.22. The Morgan fingerprint density at radius 2 is 2.06 bits per heavy atom. The van der Waals surface area contributed by atoms with Gasteiger partial charge in [-0.25, -0.2) is 0 Å². The number of benzene rings is 1. The highest BCUT2D eigenvalue weighted by Crippen LogP contribution is 2.25. The molecule has 0 amide bonds. The second-order valence-electron chi connectivity index (χ2n) is 3.82. The average molecular weight is 229 g/mol. The number of aromatic nitrogens is 1. The zero-order chi connectivity index (χ0) is 12.1. The number of nitrogens with zero attached hydrogens (tertiary/aromatic N) is 1. The molecule has 1 N–H and O–H groups in total. The van der Waals surface area contributed by atoms with Crippen LogP contribution in [0.25, 0.3) is 0 Å². The largest absolute Gasteiger partial charge is 0.508 e. The molecule has 0 aliphatic rings. The van der Waals surface area contributed by atoms with E-state index >= 15 is 0 Å². The van der Waals surface area contributed by atoms with E-state index < -0.39 is 0 Å². The molecule has 2 aromatic rings. The van der Waals surface area contributed by atoms with Crippen LogP contribution in [0.4, 0.5) is 0 Å². The standard InChI is InChI=1S/C14H15NO2/c1-11-13(16)6-4-7-14(11)17-10-8-12-5-2-3-9-15-12/h2-7,9,16H,8,10H2,1H3. The lowest BCUT2D eigenvalue weighted by Gasteiger charge is -2.09. The molecule has 1 heterocycles. The fourth-order valence-corrected chi connectivity index (χ4v) is 1.57. The second-order valence-corrected chi connectivity index (χ2v) is 3.82. The van der Waals surface area contributed by atoms with Crippen LogP contribution in [0.3, 0.4) is 0 Å². The van der Waals surface area contributed by atoms with E-state index in [1.165, 1.54) is 0 Å². The molecule has 0 atom stereocenters. The molecule has 0 saturated carbocycles. The van der Waals surface area contributed by atoms with Gasteiger partial charge in [0.25, 0.3) is 0 Å². The zero-order valence-corrected chi connectivity index (χ0v) is 9.76. The van der Waals surface area contributed by atoms with Crippen molar-refractivity contribution in [3.05, 3.63) is 53.9 Å². The molecule has 0 saturated heterocycles. The molecule has 0 aliphatic heterocycles. The number of phenols is 1. The van der Waals surface area contributed by atoms with Crippen molar-refractivity contribution in [2.75, 3.05) is 6.61 Å². The first-order valence-corrected chi connectivity index (χ1v) is 5.58. The lowest BCUT2D eigenvalue weighted by Crippen LogP contribution is -2.03. The van der Waals surface area contributed by atoms with Gasteiger partial charge in [0, 0.05) is 23.9 Å². The summed E-state index contributed by atoms with van der Waals surface area (Å²) < 4.78 is 5.62. The Balaban J connectivity index is 1.93. The molecule has 0 fully saturated rings. The molecular weight excluding hydrogens is 214 g/mol. The molecule has 2 rings (SSSR count). The molecule has 1 aromatic heterocycles. The number of rotatable bonds is 4. The molecule has 88 valence electrons. The summed E-state index contributed by atoms with van der Waals surface area (Å²) in [5, 5.41) is 9.52. The van der Waals surface area contributed by atoms with Crippen molar-refractivity contribution in [3.63, 3.8) is 0 Å².